The molecule has 0 aliphatic rings. The maximum absolute atomic E-state index is 11.4. The molecule has 0 fully saturated rings. The Hall–Kier alpha value is -0.830. The summed E-state index contributed by atoms with van der Waals surface area (Å²) in [5.74, 6) is 0.0761. The molecule has 1 unspecified atom stereocenters. The Bertz CT molecular complexity index is 169. The number of amides is 1. The minimum atomic E-state index is 0.0761. The normalized spacial score (nSPS) is 12.1. The zero-order chi connectivity index (χ0) is 10.8. The summed E-state index contributed by atoms with van der Waals surface area (Å²) in [6, 6.07) is 0.332. The van der Waals surface area contributed by atoms with Crippen LogP contribution in [0.5, 0.6) is 0 Å². The third-order valence-corrected chi connectivity index (χ3v) is 2.07. The van der Waals surface area contributed by atoms with Gasteiger partial charge in [-0.2, -0.15) is 0 Å². The number of carbonyl (C=O) groups is 1. The summed E-state index contributed by atoms with van der Waals surface area (Å²) >= 11 is 0. The Labute approximate surface area is 87.0 Å². The number of nitrogens with one attached hydrogen (secondary N) is 2. The molecule has 0 saturated carbocycles. The fraction of sp³-hybridized carbons (Fsp3) is 0.727. The van der Waals surface area contributed by atoms with Gasteiger partial charge in [0.2, 0.25) is 5.91 Å². The molecule has 0 rings (SSSR count). The van der Waals surface area contributed by atoms with Crippen molar-refractivity contribution in [3.05, 3.63) is 12.7 Å². The molecule has 14 heavy (non-hydrogen) atoms. The molecule has 0 aromatic heterocycles. The number of rotatable bonds is 8. The van der Waals surface area contributed by atoms with Gasteiger partial charge in [-0.3, -0.25) is 4.79 Å². The van der Waals surface area contributed by atoms with Crippen LogP contribution in [0.2, 0.25) is 0 Å². The number of hydrogen-bond donors (Lipinski definition) is 2. The lowest BCUT2D eigenvalue weighted by atomic mass is 10.1. The lowest BCUT2D eigenvalue weighted by Crippen LogP contribution is -2.40. The third-order valence-electron chi connectivity index (χ3n) is 2.07. The first kappa shape index (κ1) is 13.2. The smallest absolute Gasteiger partial charge is 0.234 e. The summed E-state index contributed by atoms with van der Waals surface area (Å²) < 4.78 is 0. The van der Waals surface area contributed by atoms with Gasteiger partial charge in [-0.1, -0.05) is 26.3 Å². The highest BCUT2D eigenvalue weighted by Crippen LogP contribution is 1.99. The molecule has 1 atom stereocenters. The third kappa shape index (κ3) is 6.66. The standard InChI is InChI=1S/C11H22N2O/c1-4-7-10(6-3)13-11(14)9-12-8-5-2/h5,10,12H,2,4,6-9H2,1,3H3,(H,13,14). The maximum Gasteiger partial charge on any atom is 0.234 e. The van der Waals surface area contributed by atoms with Gasteiger partial charge in [-0.25, -0.2) is 0 Å². The summed E-state index contributed by atoms with van der Waals surface area (Å²) in [6.45, 7) is 8.85. The van der Waals surface area contributed by atoms with Crippen molar-refractivity contribution < 1.29 is 4.79 Å². The molecule has 0 aromatic rings. The van der Waals surface area contributed by atoms with Gasteiger partial charge < -0.3 is 10.6 Å². The summed E-state index contributed by atoms with van der Waals surface area (Å²) in [4.78, 5) is 11.4. The molecule has 0 radical (unpaired) electrons. The first-order valence-electron chi connectivity index (χ1n) is 5.35. The molecule has 0 saturated heterocycles. The molecule has 0 bridgehead atoms. The average Bonchev–Trinajstić information content (AvgIpc) is 2.17. The summed E-state index contributed by atoms with van der Waals surface area (Å²) in [5.41, 5.74) is 0. The molecule has 3 heteroatoms. The lowest BCUT2D eigenvalue weighted by molar-refractivity contribution is -0.121. The van der Waals surface area contributed by atoms with Crippen LogP contribution >= 0.6 is 0 Å². The zero-order valence-electron chi connectivity index (χ0n) is 9.31. The van der Waals surface area contributed by atoms with E-state index in [0.29, 0.717) is 19.1 Å². The van der Waals surface area contributed by atoms with Crippen LogP contribution in [0.3, 0.4) is 0 Å². The largest absolute Gasteiger partial charge is 0.352 e. The van der Waals surface area contributed by atoms with E-state index in [-0.39, 0.29) is 5.91 Å². The van der Waals surface area contributed by atoms with Gasteiger partial charge in [0.25, 0.3) is 0 Å². The van der Waals surface area contributed by atoms with E-state index in [9.17, 15) is 4.79 Å². The molecular weight excluding hydrogens is 176 g/mol. The van der Waals surface area contributed by atoms with Crippen LogP contribution in [0.4, 0.5) is 0 Å². The topological polar surface area (TPSA) is 41.1 Å². The molecule has 0 aliphatic heterocycles. The Balaban J connectivity index is 3.61. The van der Waals surface area contributed by atoms with Crippen molar-refractivity contribution >= 4 is 5.91 Å². The van der Waals surface area contributed by atoms with Crippen molar-refractivity contribution in [2.45, 2.75) is 39.2 Å². The summed E-state index contributed by atoms with van der Waals surface area (Å²) in [5, 5.41) is 5.97. The van der Waals surface area contributed by atoms with E-state index in [1.54, 1.807) is 6.08 Å². The fourth-order valence-electron chi connectivity index (χ4n) is 1.29. The van der Waals surface area contributed by atoms with Crippen LogP contribution in [0.25, 0.3) is 0 Å². The van der Waals surface area contributed by atoms with Crippen LogP contribution in [0, 0.1) is 0 Å². The predicted molar refractivity (Wildman–Crippen MR) is 60.2 cm³/mol. The zero-order valence-corrected chi connectivity index (χ0v) is 9.31. The Morgan fingerprint density at radius 1 is 1.50 bits per heavy atom. The highest BCUT2D eigenvalue weighted by Gasteiger charge is 2.07. The van der Waals surface area contributed by atoms with Gasteiger partial charge in [-0.05, 0) is 12.8 Å². The van der Waals surface area contributed by atoms with E-state index in [2.05, 4.69) is 31.1 Å². The van der Waals surface area contributed by atoms with Gasteiger partial charge in [-0.15, -0.1) is 6.58 Å². The van der Waals surface area contributed by atoms with Gasteiger partial charge >= 0.3 is 0 Å². The minimum absolute atomic E-state index is 0.0761. The molecule has 0 heterocycles. The van der Waals surface area contributed by atoms with Crippen molar-refractivity contribution in [1.82, 2.24) is 10.6 Å². The quantitative estimate of drug-likeness (QED) is 0.458. The molecule has 82 valence electrons. The Morgan fingerprint density at radius 3 is 2.71 bits per heavy atom. The monoisotopic (exact) mass is 198 g/mol. The molecular formula is C11H22N2O. The van der Waals surface area contributed by atoms with Gasteiger partial charge in [0.05, 0.1) is 6.54 Å². The first-order valence-corrected chi connectivity index (χ1v) is 5.35. The Morgan fingerprint density at radius 2 is 2.21 bits per heavy atom. The van der Waals surface area contributed by atoms with E-state index < -0.39 is 0 Å². The second-order valence-electron chi connectivity index (χ2n) is 3.38. The highest BCUT2D eigenvalue weighted by atomic mass is 16.1. The van der Waals surface area contributed by atoms with Crippen LogP contribution in [-0.2, 0) is 4.79 Å². The van der Waals surface area contributed by atoms with E-state index in [1.165, 1.54) is 0 Å². The minimum Gasteiger partial charge on any atom is -0.352 e. The highest BCUT2D eigenvalue weighted by molar-refractivity contribution is 5.78. The van der Waals surface area contributed by atoms with E-state index in [0.717, 1.165) is 19.3 Å². The SMILES string of the molecule is C=CCNCC(=O)NC(CC)CCC. The van der Waals surface area contributed by atoms with Crippen LogP contribution in [-0.4, -0.2) is 25.0 Å². The molecule has 3 nitrogen and oxygen atoms in total. The maximum atomic E-state index is 11.4. The van der Waals surface area contributed by atoms with Crippen molar-refractivity contribution in [1.29, 1.82) is 0 Å². The van der Waals surface area contributed by atoms with Gasteiger partial charge in [0.15, 0.2) is 0 Å². The van der Waals surface area contributed by atoms with Crippen molar-refractivity contribution in [2.75, 3.05) is 13.1 Å². The van der Waals surface area contributed by atoms with Crippen LogP contribution in [0.15, 0.2) is 12.7 Å². The van der Waals surface area contributed by atoms with Crippen LogP contribution < -0.4 is 10.6 Å². The first-order chi connectivity index (χ1) is 6.74. The van der Waals surface area contributed by atoms with Crippen molar-refractivity contribution in [3.63, 3.8) is 0 Å². The summed E-state index contributed by atoms with van der Waals surface area (Å²) in [7, 11) is 0. The average molecular weight is 198 g/mol. The molecule has 0 aromatic carbocycles. The molecule has 1 amide bonds. The molecule has 2 N–H and O–H groups in total. The van der Waals surface area contributed by atoms with Gasteiger partial charge in [0, 0.05) is 12.6 Å². The fourth-order valence-corrected chi connectivity index (χ4v) is 1.29. The lowest BCUT2D eigenvalue weighted by Gasteiger charge is -2.15. The van der Waals surface area contributed by atoms with Crippen molar-refractivity contribution in [2.24, 2.45) is 0 Å². The van der Waals surface area contributed by atoms with E-state index >= 15 is 0 Å². The van der Waals surface area contributed by atoms with Crippen molar-refractivity contribution in [3.8, 4) is 0 Å². The molecule has 0 spiro atoms. The number of hydrogen-bond acceptors (Lipinski definition) is 2. The van der Waals surface area contributed by atoms with Gasteiger partial charge in [0.1, 0.15) is 0 Å². The number of carbonyl (C=O) groups excluding carboxylic acids is 1. The Kier molecular flexibility index (Phi) is 8.24. The molecule has 0 aliphatic carbocycles. The van der Waals surface area contributed by atoms with E-state index in [1.807, 2.05) is 0 Å². The predicted octanol–water partition coefficient (Wildman–Crippen LogP) is 1.46. The second-order valence-corrected chi connectivity index (χ2v) is 3.38. The summed E-state index contributed by atoms with van der Waals surface area (Å²) in [6.07, 6.45) is 4.92. The van der Waals surface area contributed by atoms with E-state index in [4.69, 9.17) is 0 Å². The van der Waals surface area contributed by atoms with Crippen LogP contribution in [0.1, 0.15) is 33.1 Å². The second kappa shape index (κ2) is 8.75.